The quantitative estimate of drug-likeness (QED) is 0.787. The molecule has 0 aliphatic heterocycles. The number of hydrogen-bond donors (Lipinski definition) is 1. The molecule has 2 aliphatic rings. The SMILES string of the molecule is C1=C2C(CCC1)CCCC2NCc1ccccc1. The lowest BCUT2D eigenvalue weighted by Crippen LogP contribution is -2.37. The Bertz CT molecular complexity index is 407. The third kappa shape index (κ3) is 2.67. The van der Waals surface area contributed by atoms with Crippen LogP contribution in [0.15, 0.2) is 42.0 Å². The normalized spacial score (nSPS) is 27.4. The summed E-state index contributed by atoms with van der Waals surface area (Å²) in [5.74, 6) is 0.890. The Morgan fingerprint density at radius 3 is 2.72 bits per heavy atom. The van der Waals surface area contributed by atoms with E-state index in [2.05, 4.69) is 41.7 Å². The fourth-order valence-corrected chi connectivity index (χ4v) is 3.50. The van der Waals surface area contributed by atoms with Crippen molar-refractivity contribution in [3.63, 3.8) is 0 Å². The lowest BCUT2D eigenvalue weighted by Gasteiger charge is -2.36. The van der Waals surface area contributed by atoms with E-state index in [1.807, 2.05) is 0 Å². The molecule has 2 unspecified atom stereocenters. The van der Waals surface area contributed by atoms with Crippen molar-refractivity contribution in [3.8, 4) is 0 Å². The predicted molar refractivity (Wildman–Crippen MR) is 76.3 cm³/mol. The number of hydrogen-bond acceptors (Lipinski definition) is 1. The van der Waals surface area contributed by atoms with E-state index in [-0.39, 0.29) is 0 Å². The lowest BCUT2D eigenvalue weighted by atomic mass is 9.75. The van der Waals surface area contributed by atoms with Gasteiger partial charge < -0.3 is 5.32 Å². The topological polar surface area (TPSA) is 12.0 Å². The molecule has 1 saturated carbocycles. The Morgan fingerprint density at radius 2 is 1.83 bits per heavy atom. The van der Waals surface area contributed by atoms with Gasteiger partial charge >= 0.3 is 0 Å². The molecule has 0 bridgehead atoms. The van der Waals surface area contributed by atoms with Crippen molar-refractivity contribution < 1.29 is 0 Å². The van der Waals surface area contributed by atoms with Crippen molar-refractivity contribution in [2.24, 2.45) is 5.92 Å². The molecule has 0 amide bonds. The molecule has 0 radical (unpaired) electrons. The molecule has 1 aromatic carbocycles. The third-order valence-corrected chi connectivity index (χ3v) is 4.45. The molecule has 1 fully saturated rings. The minimum Gasteiger partial charge on any atom is -0.306 e. The van der Waals surface area contributed by atoms with Crippen LogP contribution in [0.25, 0.3) is 0 Å². The molecular formula is C17H23N. The van der Waals surface area contributed by atoms with Gasteiger partial charge in [-0.1, -0.05) is 48.4 Å². The van der Waals surface area contributed by atoms with Gasteiger partial charge in [0.15, 0.2) is 0 Å². The first-order valence-corrected chi connectivity index (χ1v) is 7.41. The van der Waals surface area contributed by atoms with Crippen LogP contribution in [0.1, 0.15) is 44.1 Å². The summed E-state index contributed by atoms with van der Waals surface area (Å²) in [4.78, 5) is 0. The Balaban J connectivity index is 1.63. The van der Waals surface area contributed by atoms with Crippen molar-refractivity contribution in [1.82, 2.24) is 5.32 Å². The monoisotopic (exact) mass is 241 g/mol. The smallest absolute Gasteiger partial charge is 0.0285 e. The van der Waals surface area contributed by atoms with E-state index in [1.54, 1.807) is 5.57 Å². The summed E-state index contributed by atoms with van der Waals surface area (Å²) >= 11 is 0. The van der Waals surface area contributed by atoms with Crippen molar-refractivity contribution in [3.05, 3.63) is 47.5 Å². The first-order valence-electron chi connectivity index (χ1n) is 7.41. The molecule has 0 saturated heterocycles. The molecule has 1 nitrogen and oxygen atoms in total. The van der Waals surface area contributed by atoms with Gasteiger partial charge in [-0.3, -0.25) is 0 Å². The minimum atomic E-state index is 0.643. The van der Waals surface area contributed by atoms with E-state index in [1.165, 1.54) is 44.1 Å². The number of fused-ring (bicyclic) bond motifs is 1. The average Bonchev–Trinajstić information content (AvgIpc) is 2.46. The summed E-state index contributed by atoms with van der Waals surface area (Å²) in [7, 11) is 0. The molecule has 0 spiro atoms. The standard InChI is InChI=1S/C17H23N/c1-2-7-14(8-3-1)13-18-17-12-6-10-15-9-4-5-11-16(15)17/h1-3,7-8,11,15,17-18H,4-6,9-10,12-13H2. The first kappa shape index (κ1) is 12.0. The zero-order chi connectivity index (χ0) is 12.2. The van der Waals surface area contributed by atoms with E-state index in [4.69, 9.17) is 0 Å². The molecule has 2 aliphatic carbocycles. The van der Waals surface area contributed by atoms with Gasteiger partial charge in [0.1, 0.15) is 0 Å². The maximum atomic E-state index is 3.77. The summed E-state index contributed by atoms with van der Waals surface area (Å²) in [6, 6.07) is 11.4. The van der Waals surface area contributed by atoms with Crippen molar-refractivity contribution in [2.45, 2.75) is 51.1 Å². The fraction of sp³-hybridized carbons (Fsp3) is 0.529. The minimum absolute atomic E-state index is 0.643. The second kappa shape index (κ2) is 5.71. The Hall–Kier alpha value is -1.08. The highest BCUT2D eigenvalue weighted by Gasteiger charge is 2.28. The van der Waals surface area contributed by atoms with Gasteiger partial charge in [0, 0.05) is 12.6 Å². The van der Waals surface area contributed by atoms with Gasteiger partial charge in [-0.05, 0) is 43.6 Å². The Kier molecular flexibility index (Phi) is 3.80. The van der Waals surface area contributed by atoms with Crippen molar-refractivity contribution in [2.75, 3.05) is 0 Å². The predicted octanol–water partition coefficient (Wildman–Crippen LogP) is 4.06. The van der Waals surface area contributed by atoms with Crippen LogP contribution in [0.4, 0.5) is 0 Å². The second-order valence-corrected chi connectivity index (χ2v) is 5.68. The van der Waals surface area contributed by atoms with E-state index in [9.17, 15) is 0 Å². The van der Waals surface area contributed by atoms with Gasteiger partial charge in [0.05, 0.1) is 0 Å². The Labute approximate surface area is 110 Å². The van der Waals surface area contributed by atoms with Gasteiger partial charge in [0.25, 0.3) is 0 Å². The van der Waals surface area contributed by atoms with Crippen LogP contribution in [0.3, 0.4) is 0 Å². The second-order valence-electron chi connectivity index (χ2n) is 5.68. The van der Waals surface area contributed by atoms with Crippen LogP contribution in [0, 0.1) is 5.92 Å². The van der Waals surface area contributed by atoms with Crippen molar-refractivity contribution in [1.29, 1.82) is 0 Å². The highest BCUT2D eigenvalue weighted by Crippen LogP contribution is 2.36. The lowest BCUT2D eigenvalue weighted by molar-refractivity contribution is 0.343. The zero-order valence-electron chi connectivity index (χ0n) is 11.1. The number of nitrogens with one attached hydrogen (secondary N) is 1. The van der Waals surface area contributed by atoms with Gasteiger partial charge in [-0.2, -0.15) is 0 Å². The molecule has 96 valence electrons. The van der Waals surface area contributed by atoms with Crippen LogP contribution >= 0.6 is 0 Å². The van der Waals surface area contributed by atoms with E-state index >= 15 is 0 Å². The maximum absolute atomic E-state index is 3.77. The molecule has 0 aromatic heterocycles. The number of benzene rings is 1. The molecule has 1 heteroatoms. The fourth-order valence-electron chi connectivity index (χ4n) is 3.50. The molecule has 0 heterocycles. The highest BCUT2D eigenvalue weighted by molar-refractivity contribution is 5.21. The number of allylic oxidation sites excluding steroid dienone is 1. The Morgan fingerprint density at radius 1 is 1.00 bits per heavy atom. The molecule has 18 heavy (non-hydrogen) atoms. The highest BCUT2D eigenvalue weighted by atomic mass is 14.9. The third-order valence-electron chi connectivity index (χ3n) is 4.45. The molecule has 3 rings (SSSR count). The van der Waals surface area contributed by atoms with Crippen LogP contribution in [-0.2, 0) is 6.54 Å². The molecule has 1 N–H and O–H groups in total. The average molecular weight is 241 g/mol. The van der Waals surface area contributed by atoms with Crippen LogP contribution < -0.4 is 5.32 Å². The van der Waals surface area contributed by atoms with Gasteiger partial charge in [-0.15, -0.1) is 0 Å². The molecule has 1 aromatic rings. The van der Waals surface area contributed by atoms with Crippen molar-refractivity contribution >= 4 is 0 Å². The summed E-state index contributed by atoms with van der Waals surface area (Å²) in [5.41, 5.74) is 3.12. The van der Waals surface area contributed by atoms with Crippen LogP contribution in [-0.4, -0.2) is 6.04 Å². The summed E-state index contributed by atoms with van der Waals surface area (Å²) in [6.45, 7) is 1.01. The molecule has 2 atom stereocenters. The van der Waals surface area contributed by atoms with E-state index in [0.717, 1.165) is 12.5 Å². The largest absolute Gasteiger partial charge is 0.306 e. The zero-order valence-corrected chi connectivity index (χ0v) is 11.1. The van der Waals surface area contributed by atoms with Crippen LogP contribution in [0.5, 0.6) is 0 Å². The summed E-state index contributed by atoms with van der Waals surface area (Å²) in [5, 5.41) is 3.77. The summed E-state index contributed by atoms with van der Waals surface area (Å²) < 4.78 is 0. The van der Waals surface area contributed by atoms with E-state index in [0.29, 0.717) is 6.04 Å². The number of rotatable bonds is 3. The van der Waals surface area contributed by atoms with E-state index < -0.39 is 0 Å². The maximum Gasteiger partial charge on any atom is 0.0285 e. The van der Waals surface area contributed by atoms with Gasteiger partial charge in [-0.25, -0.2) is 0 Å². The van der Waals surface area contributed by atoms with Crippen LogP contribution in [0.2, 0.25) is 0 Å². The first-order chi connectivity index (χ1) is 8.93. The summed E-state index contributed by atoms with van der Waals surface area (Å²) in [6.07, 6.45) is 10.8. The van der Waals surface area contributed by atoms with Gasteiger partial charge in [0.2, 0.25) is 0 Å². The molecular weight excluding hydrogens is 218 g/mol.